The average Bonchev–Trinajstić information content (AvgIpc) is 3.01. The number of hydrazine groups is 1. The monoisotopic (exact) mass is 473 g/mol. The highest BCUT2D eigenvalue weighted by atomic mass is 19.1. The zero-order valence-electron chi connectivity index (χ0n) is 18.6. The van der Waals surface area contributed by atoms with Gasteiger partial charge in [0.05, 0.1) is 36.6 Å². The van der Waals surface area contributed by atoms with E-state index < -0.39 is 29.7 Å². The Morgan fingerprint density at radius 2 is 1.91 bits per heavy atom. The van der Waals surface area contributed by atoms with E-state index >= 15 is 4.39 Å². The van der Waals surface area contributed by atoms with Gasteiger partial charge < -0.3 is 15.0 Å². The van der Waals surface area contributed by atoms with E-state index in [9.17, 15) is 18.8 Å². The van der Waals surface area contributed by atoms with Gasteiger partial charge in [0.1, 0.15) is 17.7 Å². The van der Waals surface area contributed by atoms with Gasteiger partial charge >= 0.3 is 6.09 Å². The molecular weight excluding hydrogens is 448 g/mol. The maximum absolute atomic E-state index is 15.0. The van der Waals surface area contributed by atoms with E-state index in [2.05, 4.69) is 10.7 Å². The summed E-state index contributed by atoms with van der Waals surface area (Å²) in [7, 11) is 0. The molecule has 180 valence electrons. The lowest BCUT2D eigenvalue weighted by Gasteiger charge is -2.24. The first-order valence-corrected chi connectivity index (χ1v) is 10.9. The number of halogens is 2. The van der Waals surface area contributed by atoms with Gasteiger partial charge in [0.25, 0.3) is 5.91 Å². The molecule has 2 N–H and O–H groups in total. The van der Waals surface area contributed by atoms with Gasteiger partial charge in [-0.05, 0) is 30.3 Å². The van der Waals surface area contributed by atoms with Crippen molar-refractivity contribution in [2.75, 3.05) is 49.1 Å². The Kier molecular flexibility index (Phi) is 6.92. The molecule has 0 saturated carbocycles. The number of hydrogen-bond donors (Lipinski definition) is 2. The number of anilines is 2. The maximum atomic E-state index is 15.0. The molecule has 0 radical (unpaired) electrons. The zero-order valence-corrected chi connectivity index (χ0v) is 18.6. The Labute approximate surface area is 195 Å². The number of ether oxygens (including phenoxy) is 1. The summed E-state index contributed by atoms with van der Waals surface area (Å²) in [4.78, 5) is 39.0. The Hall–Kier alpha value is -3.73. The van der Waals surface area contributed by atoms with Crippen LogP contribution in [0.2, 0.25) is 0 Å². The largest absolute Gasteiger partial charge is 0.442 e. The molecule has 2 fully saturated rings. The second kappa shape index (κ2) is 10.0. The molecule has 0 unspecified atom stereocenters. The minimum absolute atomic E-state index is 0.0340. The van der Waals surface area contributed by atoms with Gasteiger partial charge in [-0.3, -0.25) is 19.5 Å². The molecule has 0 bridgehead atoms. The standard InChI is InChI=1S/C23H25F2N5O4/c1-15(31)26-13-17-14-29(23(33)34-17)16-6-7-21(20(25)12-16)28-9-8-27-30(11-10-28)22(32)18-4-2-3-5-19(18)24/h2-7,12,17,27H,8-11,13-14H2,1H3,(H,26,31)/t17-/m0/s1. The highest BCUT2D eigenvalue weighted by Gasteiger charge is 2.33. The number of cyclic esters (lactones) is 1. The fourth-order valence-electron chi connectivity index (χ4n) is 3.94. The van der Waals surface area contributed by atoms with Crippen LogP contribution >= 0.6 is 0 Å². The van der Waals surface area contributed by atoms with Crippen molar-refractivity contribution in [2.24, 2.45) is 0 Å². The number of nitrogens with zero attached hydrogens (tertiary/aromatic N) is 3. The lowest BCUT2D eigenvalue weighted by atomic mass is 10.2. The molecule has 9 nitrogen and oxygen atoms in total. The summed E-state index contributed by atoms with van der Waals surface area (Å²) in [6.07, 6.45) is -1.13. The molecule has 2 aliphatic rings. The van der Waals surface area contributed by atoms with E-state index in [1.807, 2.05) is 0 Å². The van der Waals surface area contributed by atoms with Crippen LogP contribution in [0, 0.1) is 11.6 Å². The second-order valence-electron chi connectivity index (χ2n) is 8.02. The van der Waals surface area contributed by atoms with Gasteiger partial charge in [-0.1, -0.05) is 12.1 Å². The molecule has 1 atom stereocenters. The number of hydrogen-bond acceptors (Lipinski definition) is 6. The minimum Gasteiger partial charge on any atom is -0.442 e. The van der Waals surface area contributed by atoms with Crippen LogP contribution in [0.15, 0.2) is 42.5 Å². The topological polar surface area (TPSA) is 94.2 Å². The van der Waals surface area contributed by atoms with Crippen LogP contribution in [0.5, 0.6) is 0 Å². The molecule has 2 heterocycles. The molecule has 0 aliphatic carbocycles. The lowest BCUT2D eigenvalue weighted by molar-refractivity contribution is -0.119. The summed E-state index contributed by atoms with van der Waals surface area (Å²) < 4.78 is 34.3. The van der Waals surface area contributed by atoms with E-state index in [1.165, 1.54) is 41.1 Å². The van der Waals surface area contributed by atoms with Crippen LogP contribution in [-0.2, 0) is 9.53 Å². The molecule has 2 saturated heterocycles. The van der Waals surface area contributed by atoms with Crippen molar-refractivity contribution >= 4 is 29.3 Å². The number of benzene rings is 2. The SMILES string of the molecule is CC(=O)NC[C@H]1CN(c2ccc(N3CCNN(C(=O)c4ccccc4F)CC3)c(F)c2)C(=O)O1. The van der Waals surface area contributed by atoms with Gasteiger partial charge in [-0.15, -0.1) is 0 Å². The molecular formula is C23H25F2N5O4. The fraction of sp³-hybridized carbons (Fsp3) is 0.348. The summed E-state index contributed by atoms with van der Waals surface area (Å²) in [5.41, 5.74) is 3.61. The Morgan fingerprint density at radius 3 is 2.65 bits per heavy atom. The van der Waals surface area contributed by atoms with Crippen LogP contribution in [0.3, 0.4) is 0 Å². The minimum atomic E-state index is -0.608. The molecule has 2 aromatic rings. The van der Waals surface area contributed by atoms with Gasteiger partial charge in [0.2, 0.25) is 5.91 Å². The number of amides is 3. The molecule has 11 heteroatoms. The van der Waals surface area contributed by atoms with Crippen LogP contribution in [0.25, 0.3) is 0 Å². The van der Waals surface area contributed by atoms with Crippen LogP contribution in [-0.4, -0.2) is 68.3 Å². The predicted octanol–water partition coefficient (Wildman–Crippen LogP) is 1.89. The predicted molar refractivity (Wildman–Crippen MR) is 120 cm³/mol. The highest BCUT2D eigenvalue weighted by molar-refractivity contribution is 5.94. The summed E-state index contributed by atoms with van der Waals surface area (Å²) in [5.74, 6) is -1.84. The van der Waals surface area contributed by atoms with Gasteiger partial charge in [0.15, 0.2) is 0 Å². The Bertz CT molecular complexity index is 1100. The van der Waals surface area contributed by atoms with Crippen LogP contribution < -0.4 is 20.5 Å². The summed E-state index contributed by atoms with van der Waals surface area (Å²) in [5, 5.41) is 3.93. The van der Waals surface area contributed by atoms with Gasteiger partial charge in [-0.25, -0.2) is 19.0 Å². The van der Waals surface area contributed by atoms with E-state index in [-0.39, 0.29) is 31.1 Å². The normalized spacial score (nSPS) is 18.5. The first-order chi connectivity index (χ1) is 16.3. The van der Waals surface area contributed by atoms with E-state index in [4.69, 9.17) is 4.74 Å². The fourth-order valence-corrected chi connectivity index (χ4v) is 3.94. The Balaban J connectivity index is 1.41. The third kappa shape index (κ3) is 5.09. The number of carbonyl (C=O) groups is 3. The van der Waals surface area contributed by atoms with E-state index in [0.29, 0.717) is 31.0 Å². The molecule has 0 aromatic heterocycles. The van der Waals surface area contributed by atoms with Crippen molar-refractivity contribution < 1.29 is 27.9 Å². The highest BCUT2D eigenvalue weighted by Crippen LogP contribution is 2.28. The molecule has 2 aromatic carbocycles. The van der Waals surface area contributed by atoms with Crippen molar-refractivity contribution in [1.82, 2.24) is 15.8 Å². The molecule has 3 amide bonds. The summed E-state index contributed by atoms with van der Waals surface area (Å²) >= 11 is 0. The van der Waals surface area contributed by atoms with Crippen molar-refractivity contribution in [1.29, 1.82) is 0 Å². The van der Waals surface area contributed by atoms with E-state index in [1.54, 1.807) is 23.1 Å². The number of rotatable bonds is 5. The quantitative estimate of drug-likeness (QED) is 0.689. The van der Waals surface area contributed by atoms with Crippen molar-refractivity contribution in [3.05, 3.63) is 59.7 Å². The second-order valence-corrected chi connectivity index (χ2v) is 8.02. The first-order valence-electron chi connectivity index (χ1n) is 10.9. The molecule has 34 heavy (non-hydrogen) atoms. The number of nitrogens with one attached hydrogen (secondary N) is 2. The van der Waals surface area contributed by atoms with Crippen LogP contribution in [0.4, 0.5) is 25.0 Å². The van der Waals surface area contributed by atoms with Crippen molar-refractivity contribution in [2.45, 2.75) is 13.0 Å². The number of carbonyl (C=O) groups excluding carboxylic acids is 3. The van der Waals surface area contributed by atoms with Crippen molar-refractivity contribution in [3.63, 3.8) is 0 Å². The van der Waals surface area contributed by atoms with Crippen LogP contribution in [0.1, 0.15) is 17.3 Å². The van der Waals surface area contributed by atoms with E-state index in [0.717, 1.165) is 0 Å². The third-order valence-corrected chi connectivity index (χ3v) is 5.66. The average molecular weight is 473 g/mol. The third-order valence-electron chi connectivity index (χ3n) is 5.66. The Morgan fingerprint density at radius 1 is 1.12 bits per heavy atom. The van der Waals surface area contributed by atoms with Crippen molar-refractivity contribution in [3.8, 4) is 0 Å². The molecule has 2 aliphatic heterocycles. The molecule has 4 rings (SSSR count). The maximum Gasteiger partial charge on any atom is 0.414 e. The lowest BCUT2D eigenvalue weighted by Crippen LogP contribution is -2.44. The first kappa shape index (κ1) is 23.4. The summed E-state index contributed by atoms with van der Waals surface area (Å²) in [6.45, 7) is 3.06. The molecule has 0 spiro atoms. The summed E-state index contributed by atoms with van der Waals surface area (Å²) in [6, 6.07) is 10.2. The smallest absolute Gasteiger partial charge is 0.414 e. The van der Waals surface area contributed by atoms with Gasteiger partial charge in [0, 0.05) is 26.6 Å². The van der Waals surface area contributed by atoms with Gasteiger partial charge in [-0.2, -0.15) is 0 Å². The zero-order chi connectivity index (χ0) is 24.2.